The molecule has 0 bridgehead atoms. The summed E-state index contributed by atoms with van der Waals surface area (Å²) in [5.41, 5.74) is 1.91. The van der Waals surface area contributed by atoms with E-state index in [4.69, 9.17) is 14.6 Å². The van der Waals surface area contributed by atoms with Crippen LogP contribution < -0.4 is 0 Å². The van der Waals surface area contributed by atoms with Crippen molar-refractivity contribution >= 4 is 12.1 Å². The van der Waals surface area contributed by atoms with Crippen molar-refractivity contribution in [2.24, 2.45) is 0 Å². The van der Waals surface area contributed by atoms with Gasteiger partial charge in [0.2, 0.25) is 0 Å². The maximum absolute atomic E-state index is 11.9. The van der Waals surface area contributed by atoms with Crippen LogP contribution in [0.5, 0.6) is 0 Å². The lowest BCUT2D eigenvalue weighted by Crippen LogP contribution is -2.38. The second kappa shape index (κ2) is 7.54. The van der Waals surface area contributed by atoms with Crippen LogP contribution in [0.1, 0.15) is 32.0 Å². The minimum absolute atomic E-state index is 0.226. The number of alkyl halides is 3. The SMILES string of the molecule is CC(C)(C)OC(=O)N1CCc2cn[nH]c2CC1.O=C(O)C(F)(F)F. The topological polar surface area (TPSA) is 95.5 Å². The van der Waals surface area contributed by atoms with E-state index in [0.717, 1.165) is 18.5 Å². The molecule has 2 rings (SSSR count). The highest BCUT2D eigenvalue weighted by Gasteiger charge is 2.38. The van der Waals surface area contributed by atoms with Gasteiger partial charge < -0.3 is 14.7 Å². The number of carbonyl (C=O) groups excluding carboxylic acids is 1. The summed E-state index contributed by atoms with van der Waals surface area (Å²) in [4.78, 5) is 22.6. The van der Waals surface area contributed by atoms with Crippen LogP contribution in [0.3, 0.4) is 0 Å². The van der Waals surface area contributed by atoms with Crippen LogP contribution in [0.2, 0.25) is 0 Å². The molecule has 0 aliphatic carbocycles. The van der Waals surface area contributed by atoms with Gasteiger partial charge in [-0.25, -0.2) is 9.59 Å². The number of nitrogens with zero attached hydrogens (tertiary/aromatic N) is 2. The monoisotopic (exact) mass is 351 g/mol. The molecule has 1 aliphatic rings. The number of carbonyl (C=O) groups is 2. The normalized spacial score (nSPS) is 14.8. The van der Waals surface area contributed by atoms with Crippen LogP contribution in [-0.2, 0) is 22.4 Å². The van der Waals surface area contributed by atoms with Gasteiger partial charge >= 0.3 is 18.2 Å². The van der Waals surface area contributed by atoms with Crippen molar-refractivity contribution in [2.45, 2.75) is 45.4 Å². The number of fused-ring (bicyclic) bond motifs is 1. The molecule has 136 valence electrons. The zero-order valence-electron chi connectivity index (χ0n) is 13.6. The number of ether oxygens (including phenoxy) is 1. The molecule has 0 fully saturated rings. The van der Waals surface area contributed by atoms with Gasteiger partial charge in [0, 0.05) is 25.2 Å². The van der Waals surface area contributed by atoms with Gasteiger partial charge in [-0.05, 0) is 32.8 Å². The molecule has 2 heterocycles. The Balaban J connectivity index is 0.000000351. The molecule has 0 saturated carbocycles. The highest BCUT2D eigenvalue weighted by atomic mass is 19.4. The van der Waals surface area contributed by atoms with Crippen molar-refractivity contribution in [1.29, 1.82) is 0 Å². The van der Waals surface area contributed by atoms with Crippen LogP contribution >= 0.6 is 0 Å². The molecule has 1 aromatic heterocycles. The number of nitrogens with one attached hydrogen (secondary N) is 1. The summed E-state index contributed by atoms with van der Waals surface area (Å²) in [7, 11) is 0. The van der Waals surface area contributed by atoms with Crippen molar-refractivity contribution in [3.63, 3.8) is 0 Å². The van der Waals surface area contributed by atoms with Crippen LogP contribution in [0, 0.1) is 0 Å². The lowest BCUT2D eigenvalue weighted by Gasteiger charge is -2.26. The van der Waals surface area contributed by atoms with Crippen molar-refractivity contribution in [3.05, 3.63) is 17.5 Å². The highest BCUT2D eigenvalue weighted by Crippen LogP contribution is 2.16. The number of halogens is 3. The maximum Gasteiger partial charge on any atom is 0.490 e. The van der Waals surface area contributed by atoms with Gasteiger partial charge in [-0.2, -0.15) is 18.3 Å². The van der Waals surface area contributed by atoms with Crippen LogP contribution in [0.4, 0.5) is 18.0 Å². The summed E-state index contributed by atoms with van der Waals surface area (Å²) >= 11 is 0. The zero-order chi connectivity index (χ0) is 18.5. The van der Waals surface area contributed by atoms with Gasteiger partial charge in [-0.1, -0.05) is 0 Å². The Morgan fingerprint density at radius 3 is 2.29 bits per heavy atom. The van der Waals surface area contributed by atoms with Gasteiger partial charge in [0.15, 0.2) is 0 Å². The Morgan fingerprint density at radius 2 is 1.79 bits per heavy atom. The summed E-state index contributed by atoms with van der Waals surface area (Å²) in [6, 6.07) is 0. The zero-order valence-corrected chi connectivity index (χ0v) is 13.6. The Labute approximate surface area is 136 Å². The Hall–Kier alpha value is -2.26. The first-order valence-electron chi connectivity index (χ1n) is 7.19. The van der Waals surface area contributed by atoms with Crippen LogP contribution in [0.25, 0.3) is 0 Å². The van der Waals surface area contributed by atoms with Gasteiger partial charge in [0.25, 0.3) is 0 Å². The Bertz CT molecular complexity index is 556. The molecule has 0 unspecified atom stereocenters. The van der Waals surface area contributed by atoms with E-state index in [2.05, 4.69) is 10.2 Å². The van der Waals surface area contributed by atoms with Crippen molar-refractivity contribution in [2.75, 3.05) is 13.1 Å². The average Bonchev–Trinajstić information content (AvgIpc) is 2.75. The standard InChI is InChI=1S/C12H19N3O2.C2HF3O2/c1-12(2,3)17-11(16)15-6-4-9-8-13-14-10(9)5-7-15;3-2(4,5)1(6)7/h8H,4-7H2,1-3H3,(H,13,14);(H,6,7). The minimum atomic E-state index is -5.08. The van der Waals surface area contributed by atoms with E-state index < -0.39 is 17.7 Å². The van der Waals surface area contributed by atoms with Crippen LogP contribution in [0.15, 0.2) is 6.20 Å². The van der Waals surface area contributed by atoms with Gasteiger partial charge in [-0.3, -0.25) is 5.10 Å². The number of aromatic amines is 1. The third-order valence-electron chi connectivity index (χ3n) is 2.98. The number of hydrogen-bond acceptors (Lipinski definition) is 4. The van der Waals surface area contributed by atoms with E-state index in [1.807, 2.05) is 27.0 Å². The summed E-state index contributed by atoms with van der Waals surface area (Å²) in [6.07, 6.45) is -1.82. The highest BCUT2D eigenvalue weighted by molar-refractivity contribution is 5.73. The average molecular weight is 351 g/mol. The van der Waals surface area contributed by atoms with E-state index >= 15 is 0 Å². The molecule has 7 nitrogen and oxygen atoms in total. The summed E-state index contributed by atoms with van der Waals surface area (Å²) in [5, 5.41) is 14.1. The van der Waals surface area contributed by atoms with E-state index in [-0.39, 0.29) is 6.09 Å². The number of hydrogen-bond donors (Lipinski definition) is 2. The lowest BCUT2D eigenvalue weighted by molar-refractivity contribution is -0.192. The van der Waals surface area contributed by atoms with E-state index in [0.29, 0.717) is 13.1 Å². The van der Waals surface area contributed by atoms with Gasteiger partial charge in [0.05, 0.1) is 6.20 Å². The molecule has 0 saturated heterocycles. The smallest absolute Gasteiger partial charge is 0.475 e. The molecule has 0 radical (unpaired) electrons. The number of amides is 1. The molecule has 0 aromatic carbocycles. The molecular formula is C14H20F3N3O4. The predicted octanol–water partition coefficient (Wildman–Crippen LogP) is 2.38. The number of H-pyrrole nitrogens is 1. The molecule has 1 aromatic rings. The van der Waals surface area contributed by atoms with E-state index in [1.54, 1.807) is 4.90 Å². The Kier molecular flexibility index (Phi) is 6.22. The third kappa shape index (κ3) is 6.47. The lowest BCUT2D eigenvalue weighted by atomic mass is 10.2. The predicted molar refractivity (Wildman–Crippen MR) is 77.5 cm³/mol. The minimum Gasteiger partial charge on any atom is -0.475 e. The Morgan fingerprint density at radius 1 is 1.25 bits per heavy atom. The largest absolute Gasteiger partial charge is 0.490 e. The molecule has 0 spiro atoms. The first-order valence-corrected chi connectivity index (χ1v) is 7.19. The van der Waals surface area contributed by atoms with Crippen molar-refractivity contribution in [3.8, 4) is 0 Å². The summed E-state index contributed by atoms with van der Waals surface area (Å²) < 4.78 is 37.1. The number of rotatable bonds is 0. The van der Waals surface area contributed by atoms with Crippen molar-refractivity contribution in [1.82, 2.24) is 15.1 Å². The van der Waals surface area contributed by atoms with Gasteiger partial charge in [0.1, 0.15) is 5.60 Å². The first kappa shape index (κ1) is 19.8. The summed E-state index contributed by atoms with van der Waals surface area (Å²) in [5.74, 6) is -2.76. The third-order valence-corrected chi connectivity index (χ3v) is 2.98. The van der Waals surface area contributed by atoms with E-state index in [9.17, 15) is 18.0 Å². The molecule has 10 heteroatoms. The molecule has 0 atom stereocenters. The van der Waals surface area contributed by atoms with Gasteiger partial charge in [-0.15, -0.1) is 0 Å². The quantitative estimate of drug-likeness (QED) is 0.748. The molecule has 1 aliphatic heterocycles. The van der Waals surface area contributed by atoms with Crippen molar-refractivity contribution < 1.29 is 32.6 Å². The number of carboxylic acids is 1. The molecule has 2 N–H and O–H groups in total. The van der Waals surface area contributed by atoms with Crippen LogP contribution in [-0.4, -0.2) is 57.1 Å². The number of aliphatic carboxylic acids is 1. The first-order chi connectivity index (χ1) is 10.9. The van der Waals surface area contributed by atoms with E-state index in [1.165, 1.54) is 5.56 Å². The molecule has 1 amide bonds. The second-order valence-electron chi connectivity index (χ2n) is 6.14. The number of aromatic nitrogens is 2. The second-order valence-corrected chi connectivity index (χ2v) is 6.14. The molecular weight excluding hydrogens is 331 g/mol. The fourth-order valence-electron chi connectivity index (χ4n) is 1.89. The fraction of sp³-hybridized carbons (Fsp3) is 0.643. The maximum atomic E-state index is 11.9. The number of carboxylic acid groups (broad SMARTS) is 1. The summed E-state index contributed by atoms with van der Waals surface area (Å²) in [6.45, 7) is 7.03. The fourth-order valence-corrected chi connectivity index (χ4v) is 1.89. The molecule has 24 heavy (non-hydrogen) atoms.